The maximum atomic E-state index is 2.89. The third kappa shape index (κ3) is 3.27. The van der Waals surface area contributed by atoms with Crippen LogP contribution in [0.5, 0.6) is 0 Å². The zero-order valence-corrected chi connectivity index (χ0v) is 14.6. The Balaban J connectivity index is 2.09. The molecule has 0 amide bonds. The largest absolute Gasteiger partial charge is 0.110 e. The van der Waals surface area contributed by atoms with Gasteiger partial charge in [0.05, 0.1) is 0 Å². The van der Waals surface area contributed by atoms with Crippen molar-refractivity contribution in [3.63, 3.8) is 0 Å². The average molecular weight is 360 g/mol. The van der Waals surface area contributed by atoms with Crippen molar-refractivity contribution in [2.45, 2.75) is 92.7 Å². The van der Waals surface area contributed by atoms with Crippen LogP contribution in [-0.2, 0) is 0 Å². The van der Waals surface area contributed by atoms with Crippen molar-refractivity contribution in [1.82, 2.24) is 0 Å². The molecule has 2 rings (SSSR count). The van der Waals surface area contributed by atoms with Crippen LogP contribution in [0.2, 0.25) is 5.31 Å². The van der Waals surface area contributed by atoms with Gasteiger partial charge in [-0.2, -0.15) is 0 Å². The average Bonchev–Trinajstić information content (AvgIpc) is 2.46. The van der Waals surface area contributed by atoms with E-state index >= 15 is 0 Å². The Kier molecular flexibility index (Phi) is 5.48. The molecule has 2 aliphatic rings. The standard InChI is InChI=1S/C16H30BI/c1-15(17)12-8-9-13-16(15,18)14-10-6-4-2-3-5-7-11-14/h14H,2-13,17H2,1H3/t15-,16-/m0/s1. The third-order valence-corrected chi connectivity index (χ3v) is 8.60. The van der Waals surface area contributed by atoms with Crippen LogP contribution in [0.3, 0.4) is 0 Å². The second kappa shape index (κ2) is 6.50. The normalized spacial score (nSPS) is 40.8. The molecule has 0 bridgehead atoms. The zero-order chi connectivity index (χ0) is 13.1. The molecule has 0 nitrogen and oxygen atoms in total. The van der Waals surface area contributed by atoms with E-state index in [0.717, 1.165) is 5.92 Å². The molecular formula is C16H30BI. The minimum absolute atomic E-state index is 0.560. The lowest BCUT2D eigenvalue weighted by Crippen LogP contribution is -2.45. The molecule has 2 aliphatic carbocycles. The van der Waals surface area contributed by atoms with Crippen molar-refractivity contribution >= 4 is 30.4 Å². The fourth-order valence-corrected chi connectivity index (χ4v) is 5.62. The third-order valence-electron chi connectivity index (χ3n) is 5.72. The molecule has 0 radical (unpaired) electrons. The molecule has 2 heteroatoms. The summed E-state index contributed by atoms with van der Waals surface area (Å²) in [6.07, 6.45) is 17.8. The van der Waals surface area contributed by atoms with Crippen molar-refractivity contribution in [3.05, 3.63) is 0 Å². The molecule has 0 N–H and O–H groups in total. The second-order valence-electron chi connectivity index (χ2n) is 7.35. The van der Waals surface area contributed by atoms with Crippen LogP contribution in [0.25, 0.3) is 0 Å². The van der Waals surface area contributed by atoms with Gasteiger partial charge in [0, 0.05) is 3.42 Å². The van der Waals surface area contributed by atoms with Crippen LogP contribution in [0.1, 0.15) is 84.0 Å². The van der Waals surface area contributed by atoms with Crippen LogP contribution in [0, 0.1) is 5.92 Å². The maximum Gasteiger partial charge on any atom is 0.110 e. The number of hydrogen-bond donors (Lipinski definition) is 0. The quantitative estimate of drug-likeness (QED) is 0.338. The smallest absolute Gasteiger partial charge is 0.0788 e. The summed E-state index contributed by atoms with van der Waals surface area (Å²) in [5, 5.41) is 0.560. The van der Waals surface area contributed by atoms with Gasteiger partial charge in [-0.15, -0.1) is 0 Å². The summed E-state index contributed by atoms with van der Waals surface area (Å²) in [6.45, 7) is 2.55. The van der Waals surface area contributed by atoms with Crippen molar-refractivity contribution in [2.75, 3.05) is 0 Å². The molecule has 0 spiro atoms. The molecule has 18 heavy (non-hydrogen) atoms. The molecule has 0 saturated heterocycles. The van der Waals surface area contributed by atoms with E-state index in [-0.39, 0.29) is 0 Å². The predicted molar refractivity (Wildman–Crippen MR) is 92.6 cm³/mol. The number of alkyl halides is 1. The Bertz CT molecular complexity index is 254. The van der Waals surface area contributed by atoms with Gasteiger partial charge < -0.3 is 0 Å². The van der Waals surface area contributed by atoms with Crippen molar-refractivity contribution in [1.29, 1.82) is 0 Å². The highest BCUT2D eigenvalue weighted by molar-refractivity contribution is 14.1. The SMILES string of the molecule is B[C@@]1(C)CCCC[C@]1(I)C1CCCCCCCC1. The lowest BCUT2D eigenvalue weighted by molar-refractivity contribution is 0.218. The van der Waals surface area contributed by atoms with E-state index in [1.165, 1.54) is 77.0 Å². The van der Waals surface area contributed by atoms with Gasteiger partial charge in [-0.05, 0) is 30.5 Å². The van der Waals surface area contributed by atoms with Gasteiger partial charge in [0.1, 0.15) is 7.85 Å². The van der Waals surface area contributed by atoms with E-state index in [1.54, 1.807) is 0 Å². The van der Waals surface area contributed by atoms with E-state index in [9.17, 15) is 0 Å². The summed E-state index contributed by atoms with van der Waals surface area (Å²) in [4.78, 5) is 0. The van der Waals surface area contributed by atoms with Gasteiger partial charge in [0.2, 0.25) is 0 Å². The Labute approximate surface area is 129 Å². The van der Waals surface area contributed by atoms with E-state index in [1.807, 2.05) is 0 Å². The van der Waals surface area contributed by atoms with Gasteiger partial charge in [0.15, 0.2) is 0 Å². The van der Waals surface area contributed by atoms with E-state index in [4.69, 9.17) is 0 Å². The predicted octanol–water partition coefficient (Wildman–Crippen LogP) is 5.30. The molecule has 0 aromatic carbocycles. The van der Waals surface area contributed by atoms with Crippen molar-refractivity contribution in [2.24, 2.45) is 5.92 Å². The Hall–Kier alpha value is 0.795. The summed E-state index contributed by atoms with van der Waals surface area (Å²) >= 11 is 2.89. The topological polar surface area (TPSA) is 0 Å². The molecule has 2 atom stereocenters. The summed E-state index contributed by atoms with van der Waals surface area (Å²) < 4.78 is 0.591. The highest BCUT2D eigenvalue weighted by Gasteiger charge is 2.48. The molecule has 0 aliphatic heterocycles. The van der Waals surface area contributed by atoms with Crippen LogP contribution in [0.15, 0.2) is 0 Å². The molecular weight excluding hydrogens is 330 g/mol. The molecule has 0 unspecified atom stereocenters. The van der Waals surface area contributed by atoms with Gasteiger partial charge in [-0.1, -0.05) is 87.3 Å². The monoisotopic (exact) mass is 360 g/mol. The highest BCUT2D eigenvalue weighted by Crippen LogP contribution is 2.59. The lowest BCUT2D eigenvalue weighted by atomic mass is 9.51. The van der Waals surface area contributed by atoms with E-state index in [0.29, 0.717) is 8.74 Å². The summed E-state index contributed by atoms with van der Waals surface area (Å²) in [5.74, 6) is 0.992. The molecule has 104 valence electrons. The second-order valence-corrected chi connectivity index (χ2v) is 9.27. The fourth-order valence-electron chi connectivity index (χ4n) is 4.34. The van der Waals surface area contributed by atoms with E-state index < -0.39 is 0 Å². The summed E-state index contributed by atoms with van der Waals surface area (Å²) in [6, 6.07) is 0. The van der Waals surface area contributed by atoms with E-state index in [2.05, 4.69) is 37.4 Å². The molecule has 0 aromatic heterocycles. The zero-order valence-electron chi connectivity index (χ0n) is 12.4. The lowest BCUT2D eigenvalue weighted by Gasteiger charge is -2.51. The summed E-state index contributed by atoms with van der Waals surface area (Å²) in [7, 11) is 2.55. The minimum Gasteiger partial charge on any atom is -0.0788 e. The Morgan fingerprint density at radius 3 is 1.89 bits per heavy atom. The first-order chi connectivity index (χ1) is 8.56. The Morgan fingerprint density at radius 1 is 0.833 bits per heavy atom. The highest BCUT2D eigenvalue weighted by atomic mass is 127. The van der Waals surface area contributed by atoms with Gasteiger partial charge in [-0.25, -0.2) is 0 Å². The van der Waals surface area contributed by atoms with Crippen molar-refractivity contribution < 1.29 is 0 Å². The van der Waals surface area contributed by atoms with Crippen molar-refractivity contribution in [3.8, 4) is 0 Å². The minimum atomic E-state index is 0.560. The molecule has 0 heterocycles. The maximum absolute atomic E-state index is 2.89. The number of rotatable bonds is 1. The molecule has 2 fully saturated rings. The van der Waals surface area contributed by atoms with Gasteiger partial charge in [-0.3, -0.25) is 0 Å². The van der Waals surface area contributed by atoms with Gasteiger partial charge in [0.25, 0.3) is 0 Å². The fraction of sp³-hybridized carbons (Fsp3) is 1.00. The van der Waals surface area contributed by atoms with Crippen LogP contribution < -0.4 is 0 Å². The first-order valence-corrected chi connectivity index (χ1v) is 9.33. The Morgan fingerprint density at radius 2 is 1.33 bits per heavy atom. The molecule has 2 saturated carbocycles. The number of hydrogen-bond acceptors (Lipinski definition) is 0. The first kappa shape index (κ1) is 15.2. The first-order valence-electron chi connectivity index (χ1n) is 8.25. The van der Waals surface area contributed by atoms with Crippen LogP contribution >= 0.6 is 22.6 Å². The number of halogens is 1. The molecule has 0 aromatic rings. The van der Waals surface area contributed by atoms with Crippen LogP contribution in [-0.4, -0.2) is 11.3 Å². The van der Waals surface area contributed by atoms with Crippen LogP contribution in [0.4, 0.5) is 0 Å². The van der Waals surface area contributed by atoms with Gasteiger partial charge >= 0.3 is 0 Å². The summed E-state index contributed by atoms with van der Waals surface area (Å²) in [5.41, 5.74) is 0.